The van der Waals surface area contributed by atoms with Gasteiger partial charge in [0.1, 0.15) is 0 Å². The van der Waals surface area contributed by atoms with Crippen molar-refractivity contribution in [3.63, 3.8) is 0 Å². The zero-order chi connectivity index (χ0) is 14.5. The van der Waals surface area contributed by atoms with Crippen LogP contribution in [0.1, 0.15) is 18.5 Å². The van der Waals surface area contributed by atoms with Gasteiger partial charge in [-0.2, -0.15) is 11.8 Å². The summed E-state index contributed by atoms with van der Waals surface area (Å²) >= 11 is 2.02. The average Bonchev–Trinajstić information content (AvgIpc) is 2.49. The van der Waals surface area contributed by atoms with Crippen molar-refractivity contribution < 1.29 is 9.47 Å². The van der Waals surface area contributed by atoms with E-state index < -0.39 is 0 Å². The molecule has 20 heavy (non-hydrogen) atoms. The van der Waals surface area contributed by atoms with Crippen LogP contribution < -0.4 is 15.2 Å². The van der Waals surface area contributed by atoms with Gasteiger partial charge in [0, 0.05) is 36.7 Å². The van der Waals surface area contributed by atoms with Crippen LogP contribution in [0.3, 0.4) is 0 Å². The molecule has 0 aromatic heterocycles. The first kappa shape index (κ1) is 15.5. The maximum absolute atomic E-state index is 6.04. The first-order chi connectivity index (χ1) is 9.71. The predicted octanol–water partition coefficient (Wildman–Crippen LogP) is 2.14. The summed E-state index contributed by atoms with van der Waals surface area (Å²) in [5.74, 6) is 3.87. The molecule has 1 aromatic rings. The summed E-state index contributed by atoms with van der Waals surface area (Å²) < 4.78 is 10.7. The Hall–Kier alpha value is -0.910. The molecule has 112 valence electrons. The third kappa shape index (κ3) is 3.22. The van der Waals surface area contributed by atoms with Crippen LogP contribution in [-0.4, -0.2) is 49.8 Å². The van der Waals surface area contributed by atoms with Crippen LogP contribution in [0, 0.1) is 0 Å². The highest BCUT2D eigenvalue weighted by Gasteiger charge is 2.27. The number of nitrogens with zero attached hydrogens (tertiary/aromatic N) is 1. The molecule has 2 N–H and O–H groups in total. The molecule has 0 aliphatic carbocycles. The van der Waals surface area contributed by atoms with Gasteiger partial charge in [-0.15, -0.1) is 0 Å². The van der Waals surface area contributed by atoms with Gasteiger partial charge >= 0.3 is 0 Å². The second-order valence-corrected chi connectivity index (χ2v) is 6.18. The molecule has 2 rings (SSSR count). The summed E-state index contributed by atoms with van der Waals surface area (Å²) in [6.45, 7) is 3.97. The Labute approximate surface area is 125 Å². The lowest BCUT2D eigenvalue weighted by Crippen LogP contribution is -2.45. The fourth-order valence-electron chi connectivity index (χ4n) is 2.73. The first-order valence-corrected chi connectivity index (χ1v) is 8.12. The van der Waals surface area contributed by atoms with Crippen molar-refractivity contribution in [1.29, 1.82) is 0 Å². The number of thioether (sulfide) groups is 1. The molecular formula is C15H24N2O2S. The van der Waals surface area contributed by atoms with Gasteiger partial charge in [0.25, 0.3) is 0 Å². The van der Waals surface area contributed by atoms with Gasteiger partial charge in [-0.3, -0.25) is 4.90 Å². The Kier molecular flexibility index (Phi) is 5.57. The van der Waals surface area contributed by atoms with Gasteiger partial charge in [0.2, 0.25) is 0 Å². The zero-order valence-electron chi connectivity index (χ0n) is 12.5. The van der Waals surface area contributed by atoms with E-state index in [0.717, 1.165) is 18.0 Å². The zero-order valence-corrected chi connectivity index (χ0v) is 13.3. The minimum Gasteiger partial charge on any atom is -0.493 e. The van der Waals surface area contributed by atoms with Crippen molar-refractivity contribution in [2.75, 3.05) is 38.8 Å². The Bertz CT molecular complexity index is 442. The summed E-state index contributed by atoms with van der Waals surface area (Å²) in [7, 11) is 3.32. The highest BCUT2D eigenvalue weighted by Crippen LogP contribution is 2.33. The quantitative estimate of drug-likeness (QED) is 0.902. The number of ether oxygens (including phenoxy) is 2. The molecule has 1 aliphatic rings. The lowest BCUT2D eigenvalue weighted by Gasteiger charge is -2.39. The largest absolute Gasteiger partial charge is 0.493 e. The molecule has 0 saturated carbocycles. The molecule has 0 radical (unpaired) electrons. The second kappa shape index (κ2) is 7.20. The van der Waals surface area contributed by atoms with E-state index in [9.17, 15) is 0 Å². The van der Waals surface area contributed by atoms with E-state index in [1.807, 2.05) is 23.9 Å². The molecule has 2 unspecified atom stereocenters. The summed E-state index contributed by atoms with van der Waals surface area (Å²) in [5, 5.41) is 0. The summed E-state index contributed by atoms with van der Waals surface area (Å²) in [4.78, 5) is 2.50. The Morgan fingerprint density at radius 3 is 2.70 bits per heavy atom. The molecular weight excluding hydrogens is 272 g/mol. The molecule has 4 nitrogen and oxygen atoms in total. The van der Waals surface area contributed by atoms with Crippen molar-refractivity contribution in [2.24, 2.45) is 5.73 Å². The number of hydrogen-bond acceptors (Lipinski definition) is 5. The van der Waals surface area contributed by atoms with Gasteiger partial charge in [-0.25, -0.2) is 0 Å². The molecule has 5 heteroatoms. The smallest absolute Gasteiger partial charge is 0.161 e. The fraction of sp³-hybridized carbons (Fsp3) is 0.600. The number of hydrogen-bond donors (Lipinski definition) is 1. The molecule has 1 heterocycles. The Balaban J connectivity index is 2.26. The minimum atomic E-state index is 0.241. The number of rotatable bonds is 5. The van der Waals surface area contributed by atoms with E-state index in [2.05, 4.69) is 17.9 Å². The van der Waals surface area contributed by atoms with Crippen molar-refractivity contribution >= 4 is 11.8 Å². The van der Waals surface area contributed by atoms with E-state index in [0.29, 0.717) is 12.6 Å². The fourth-order valence-corrected chi connectivity index (χ4v) is 3.77. The summed E-state index contributed by atoms with van der Waals surface area (Å²) in [5.41, 5.74) is 7.24. The first-order valence-electron chi connectivity index (χ1n) is 6.96. The Morgan fingerprint density at radius 2 is 2.10 bits per heavy atom. The molecule has 1 fully saturated rings. The normalized spacial score (nSPS) is 21.5. The van der Waals surface area contributed by atoms with Crippen molar-refractivity contribution in [3.8, 4) is 11.5 Å². The Morgan fingerprint density at radius 1 is 1.35 bits per heavy atom. The molecule has 0 spiro atoms. The molecule has 1 aromatic carbocycles. The van der Waals surface area contributed by atoms with Gasteiger partial charge < -0.3 is 15.2 Å². The topological polar surface area (TPSA) is 47.7 Å². The van der Waals surface area contributed by atoms with E-state index in [4.69, 9.17) is 15.2 Å². The van der Waals surface area contributed by atoms with E-state index >= 15 is 0 Å². The van der Waals surface area contributed by atoms with Crippen molar-refractivity contribution in [2.45, 2.75) is 19.0 Å². The third-order valence-electron chi connectivity index (χ3n) is 3.83. The van der Waals surface area contributed by atoms with Crippen LogP contribution >= 0.6 is 11.8 Å². The number of methoxy groups -OCH3 is 2. The molecule has 0 bridgehead atoms. The van der Waals surface area contributed by atoms with Gasteiger partial charge in [-0.1, -0.05) is 6.07 Å². The van der Waals surface area contributed by atoms with E-state index in [1.165, 1.54) is 17.1 Å². The van der Waals surface area contributed by atoms with Crippen LogP contribution in [0.4, 0.5) is 0 Å². The standard InChI is InChI=1S/C15H24N2O2S/c1-11-10-20-7-6-17(11)13(9-16)12-4-5-14(18-2)15(8-12)19-3/h4-5,8,11,13H,6-7,9-10,16H2,1-3H3. The predicted molar refractivity (Wildman–Crippen MR) is 84.8 cm³/mol. The minimum absolute atomic E-state index is 0.241. The highest BCUT2D eigenvalue weighted by atomic mass is 32.2. The van der Waals surface area contributed by atoms with Crippen molar-refractivity contribution in [3.05, 3.63) is 23.8 Å². The summed E-state index contributed by atoms with van der Waals surface area (Å²) in [6.07, 6.45) is 0. The highest BCUT2D eigenvalue weighted by molar-refractivity contribution is 7.99. The van der Waals surface area contributed by atoms with E-state index in [-0.39, 0.29) is 6.04 Å². The molecule has 1 aliphatic heterocycles. The maximum atomic E-state index is 6.04. The number of benzene rings is 1. The lowest BCUT2D eigenvalue weighted by molar-refractivity contribution is 0.165. The monoisotopic (exact) mass is 296 g/mol. The van der Waals surface area contributed by atoms with Crippen LogP contribution in [0.2, 0.25) is 0 Å². The van der Waals surface area contributed by atoms with Crippen molar-refractivity contribution in [1.82, 2.24) is 4.90 Å². The van der Waals surface area contributed by atoms with Gasteiger partial charge in [0.05, 0.1) is 14.2 Å². The SMILES string of the molecule is COc1ccc(C(CN)N2CCSCC2C)cc1OC. The van der Waals surface area contributed by atoms with Crippen LogP contribution in [0.5, 0.6) is 11.5 Å². The maximum Gasteiger partial charge on any atom is 0.161 e. The van der Waals surface area contributed by atoms with Crippen LogP contribution in [-0.2, 0) is 0 Å². The number of nitrogens with two attached hydrogens (primary N) is 1. The molecule has 0 amide bonds. The third-order valence-corrected chi connectivity index (χ3v) is 5.02. The second-order valence-electron chi connectivity index (χ2n) is 5.03. The van der Waals surface area contributed by atoms with Gasteiger partial charge in [-0.05, 0) is 24.6 Å². The molecule has 1 saturated heterocycles. The summed E-state index contributed by atoms with van der Waals surface area (Å²) in [6, 6.07) is 6.89. The average molecular weight is 296 g/mol. The van der Waals surface area contributed by atoms with Crippen LogP contribution in [0.15, 0.2) is 18.2 Å². The van der Waals surface area contributed by atoms with Crippen LogP contribution in [0.25, 0.3) is 0 Å². The molecule has 2 atom stereocenters. The van der Waals surface area contributed by atoms with E-state index in [1.54, 1.807) is 14.2 Å². The van der Waals surface area contributed by atoms with Gasteiger partial charge in [0.15, 0.2) is 11.5 Å². The lowest BCUT2D eigenvalue weighted by atomic mass is 10.0.